The number of hydrogen-bond donors (Lipinski definition) is 1. The molecule has 0 fully saturated rings. The number of anilines is 1. The minimum atomic E-state index is -2.84. The van der Waals surface area contributed by atoms with Crippen molar-refractivity contribution < 1.29 is 8.42 Å². The molecule has 16 heavy (non-hydrogen) atoms. The lowest BCUT2D eigenvalue weighted by Crippen LogP contribution is -2.10. The Kier molecular flexibility index (Phi) is 4.80. The summed E-state index contributed by atoms with van der Waals surface area (Å²) in [5, 5.41) is 3.23. The number of benzene rings is 1. The average Bonchev–Trinajstić information content (AvgIpc) is 2.13. The van der Waals surface area contributed by atoms with Crippen LogP contribution in [0.3, 0.4) is 0 Å². The Hall–Kier alpha value is -0.550. The summed E-state index contributed by atoms with van der Waals surface area (Å²) in [7, 11) is -2.84. The summed E-state index contributed by atoms with van der Waals surface area (Å²) in [5.41, 5.74) is 2.20. The van der Waals surface area contributed by atoms with Crippen LogP contribution in [-0.2, 0) is 9.84 Å². The Morgan fingerprint density at radius 3 is 2.62 bits per heavy atom. The van der Waals surface area contributed by atoms with Crippen LogP contribution in [0.1, 0.15) is 12.0 Å². The van der Waals surface area contributed by atoms with Crippen molar-refractivity contribution >= 4 is 31.5 Å². The first-order valence-corrected chi connectivity index (χ1v) is 7.91. The monoisotopic (exact) mass is 305 g/mol. The van der Waals surface area contributed by atoms with Gasteiger partial charge in [0.1, 0.15) is 9.84 Å². The molecule has 1 aromatic rings. The lowest BCUT2D eigenvalue weighted by Gasteiger charge is -2.09. The standard InChI is InChI=1S/C11H16BrNO2S/c1-9-8-10(12)4-5-11(9)13-6-3-7-16(2,14)15/h4-5,8,13H,3,6-7H2,1-2H3. The van der Waals surface area contributed by atoms with E-state index >= 15 is 0 Å². The van der Waals surface area contributed by atoms with Gasteiger partial charge in [-0.1, -0.05) is 15.9 Å². The Morgan fingerprint density at radius 1 is 1.38 bits per heavy atom. The van der Waals surface area contributed by atoms with Crippen molar-refractivity contribution in [3.63, 3.8) is 0 Å². The molecular formula is C11H16BrNO2S. The summed E-state index contributed by atoms with van der Waals surface area (Å²) in [6.07, 6.45) is 1.90. The van der Waals surface area contributed by atoms with Gasteiger partial charge in [-0.25, -0.2) is 8.42 Å². The topological polar surface area (TPSA) is 46.2 Å². The molecule has 0 aromatic heterocycles. The maximum atomic E-state index is 10.9. The second-order valence-corrected chi connectivity index (χ2v) is 7.04. The number of nitrogens with one attached hydrogen (secondary N) is 1. The number of hydrogen-bond acceptors (Lipinski definition) is 3. The summed E-state index contributed by atoms with van der Waals surface area (Å²) in [6, 6.07) is 5.98. The molecule has 0 bridgehead atoms. The third-order valence-corrected chi connectivity index (χ3v) is 3.72. The molecule has 90 valence electrons. The van der Waals surface area contributed by atoms with E-state index in [1.54, 1.807) is 0 Å². The highest BCUT2D eigenvalue weighted by atomic mass is 79.9. The van der Waals surface area contributed by atoms with Crippen LogP contribution in [0.15, 0.2) is 22.7 Å². The minimum absolute atomic E-state index is 0.232. The van der Waals surface area contributed by atoms with E-state index in [0.29, 0.717) is 13.0 Å². The number of halogens is 1. The van der Waals surface area contributed by atoms with Gasteiger partial charge in [0.15, 0.2) is 0 Å². The Bertz CT molecular complexity index is 457. The predicted octanol–water partition coefficient (Wildman–Crippen LogP) is 2.60. The summed E-state index contributed by atoms with van der Waals surface area (Å²) >= 11 is 3.40. The van der Waals surface area contributed by atoms with Crippen LogP contribution in [0.5, 0.6) is 0 Å². The normalized spacial score (nSPS) is 11.4. The second kappa shape index (κ2) is 5.68. The molecule has 0 heterocycles. The van der Waals surface area contributed by atoms with Gasteiger partial charge in [0.05, 0.1) is 5.75 Å². The highest BCUT2D eigenvalue weighted by Gasteiger charge is 2.02. The molecular weight excluding hydrogens is 290 g/mol. The van der Waals surface area contributed by atoms with Gasteiger partial charge in [0.2, 0.25) is 0 Å². The van der Waals surface area contributed by atoms with E-state index in [9.17, 15) is 8.42 Å². The number of aryl methyl sites for hydroxylation is 1. The van der Waals surface area contributed by atoms with Gasteiger partial charge in [-0.05, 0) is 37.1 Å². The van der Waals surface area contributed by atoms with Crippen molar-refractivity contribution in [2.24, 2.45) is 0 Å². The Morgan fingerprint density at radius 2 is 2.06 bits per heavy atom. The van der Waals surface area contributed by atoms with Crippen LogP contribution in [0, 0.1) is 6.92 Å². The molecule has 0 radical (unpaired) electrons. The van der Waals surface area contributed by atoms with Crippen molar-refractivity contribution in [2.45, 2.75) is 13.3 Å². The van der Waals surface area contributed by atoms with E-state index in [1.165, 1.54) is 6.26 Å². The zero-order chi connectivity index (χ0) is 12.2. The fourth-order valence-electron chi connectivity index (χ4n) is 1.38. The highest BCUT2D eigenvalue weighted by Crippen LogP contribution is 2.19. The smallest absolute Gasteiger partial charge is 0.147 e. The molecule has 1 aromatic carbocycles. The van der Waals surface area contributed by atoms with E-state index in [1.807, 2.05) is 25.1 Å². The summed E-state index contributed by atoms with van der Waals surface area (Å²) < 4.78 is 22.9. The molecule has 3 nitrogen and oxygen atoms in total. The third kappa shape index (κ3) is 4.99. The van der Waals surface area contributed by atoms with E-state index < -0.39 is 9.84 Å². The summed E-state index contributed by atoms with van der Waals surface area (Å²) in [5.74, 6) is 0.232. The molecule has 0 aliphatic heterocycles. The minimum Gasteiger partial charge on any atom is -0.385 e. The quantitative estimate of drug-likeness (QED) is 0.851. The van der Waals surface area contributed by atoms with Gasteiger partial charge in [0.25, 0.3) is 0 Å². The molecule has 0 saturated carbocycles. The molecule has 0 aliphatic carbocycles. The van der Waals surface area contributed by atoms with Crippen molar-refractivity contribution in [3.8, 4) is 0 Å². The maximum Gasteiger partial charge on any atom is 0.147 e. The first-order chi connectivity index (χ1) is 7.38. The number of sulfone groups is 1. The van der Waals surface area contributed by atoms with Crippen LogP contribution < -0.4 is 5.32 Å². The Balaban J connectivity index is 2.43. The fraction of sp³-hybridized carbons (Fsp3) is 0.455. The van der Waals surface area contributed by atoms with Gasteiger partial charge in [0, 0.05) is 23.0 Å². The van der Waals surface area contributed by atoms with E-state index in [-0.39, 0.29) is 5.75 Å². The average molecular weight is 306 g/mol. The van der Waals surface area contributed by atoms with Crippen LogP contribution in [0.4, 0.5) is 5.69 Å². The van der Waals surface area contributed by atoms with Crippen LogP contribution in [-0.4, -0.2) is 27.0 Å². The van der Waals surface area contributed by atoms with Crippen LogP contribution in [0.25, 0.3) is 0 Å². The molecule has 0 amide bonds. The van der Waals surface area contributed by atoms with E-state index in [2.05, 4.69) is 21.2 Å². The molecule has 0 aliphatic rings. The SMILES string of the molecule is Cc1cc(Br)ccc1NCCCS(C)(=O)=O. The highest BCUT2D eigenvalue weighted by molar-refractivity contribution is 9.10. The lowest BCUT2D eigenvalue weighted by atomic mass is 10.2. The molecule has 1 N–H and O–H groups in total. The van der Waals surface area contributed by atoms with Crippen molar-refractivity contribution in [1.29, 1.82) is 0 Å². The maximum absolute atomic E-state index is 10.9. The molecule has 0 saturated heterocycles. The van der Waals surface area contributed by atoms with E-state index in [0.717, 1.165) is 15.7 Å². The zero-order valence-corrected chi connectivity index (χ0v) is 11.9. The van der Waals surface area contributed by atoms with Gasteiger partial charge in [-0.3, -0.25) is 0 Å². The van der Waals surface area contributed by atoms with Gasteiger partial charge < -0.3 is 5.32 Å². The summed E-state index contributed by atoms with van der Waals surface area (Å²) in [4.78, 5) is 0. The van der Waals surface area contributed by atoms with E-state index in [4.69, 9.17) is 0 Å². The third-order valence-electron chi connectivity index (χ3n) is 2.20. The van der Waals surface area contributed by atoms with Gasteiger partial charge >= 0.3 is 0 Å². The van der Waals surface area contributed by atoms with Crippen molar-refractivity contribution in [1.82, 2.24) is 0 Å². The lowest BCUT2D eigenvalue weighted by molar-refractivity contribution is 0.600. The second-order valence-electron chi connectivity index (χ2n) is 3.87. The van der Waals surface area contributed by atoms with Crippen molar-refractivity contribution in [2.75, 3.05) is 23.9 Å². The predicted molar refractivity (Wildman–Crippen MR) is 71.7 cm³/mol. The first-order valence-electron chi connectivity index (χ1n) is 5.06. The molecule has 5 heteroatoms. The zero-order valence-electron chi connectivity index (χ0n) is 9.46. The fourth-order valence-corrected chi connectivity index (χ4v) is 2.53. The van der Waals surface area contributed by atoms with Crippen LogP contribution >= 0.6 is 15.9 Å². The Labute approximate surface area is 105 Å². The van der Waals surface area contributed by atoms with Gasteiger partial charge in [-0.15, -0.1) is 0 Å². The van der Waals surface area contributed by atoms with Crippen molar-refractivity contribution in [3.05, 3.63) is 28.2 Å². The molecule has 0 unspecified atom stereocenters. The first kappa shape index (κ1) is 13.5. The molecule has 0 atom stereocenters. The molecule has 1 rings (SSSR count). The summed E-state index contributed by atoms with van der Waals surface area (Å²) in [6.45, 7) is 2.69. The number of rotatable bonds is 5. The molecule has 0 spiro atoms. The van der Waals surface area contributed by atoms with Crippen LogP contribution in [0.2, 0.25) is 0 Å². The van der Waals surface area contributed by atoms with Gasteiger partial charge in [-0.2, -0.15) is 0 Å². The largest absolute Gasteiger partial charge is 0.385 e.